The van der Waals surface area contributed by atoms with E-state index in [1.165, 1.54) is 12.2 Å². The van der Waals surface area contributed by atoms with Crippen molar-refractivity contribution >= 4 is 56.4 Å². The minimum Gasteiger partial charge on any atom is -0.211 e. The minimum atomic E-state index is -3.63. The van der Waals surface area contributed by atoms with E-state index in [2.05, 4.69) is 4.72 Å². The van der Waals surface area contributed by atoms with Gasteiger partial charge in [0.15, 0.2) is 0 Å². The summed E-state index contributed by atoms with van der Waals surface area (Å²) in [6.45, 7) is 0. The first-order valence-corrected chi connectivity index (χ1v) is 7.09. The number of alkyl halides is 2. The zero-order valence-electron chi connectivity index (χ0n) is 7.31. The van der Waals surface area contributed by atoms with Gasteiger partial charge in [0.2, 0.25) is 10.0 Å². The molecule has 0 aromatic carbocycles. The summed E-state index contributed by atoms with van der Waals surface area (Å²) in [7, 11) is -3.63. The van der Waals surface area contributed by atoms with Gasteiger partial charge in [0.1, 0.15) is 10.2 Å². The summed E-state index contributed by atoms with van der Waals surface area (Å²) < 4.78 is 24.6. The SMILES string of the molecule is O=S(=O)(CCl)NC1(Cl)C=C(Cl)C=C(Cl)C1. The fraction of sp³-hybridized carbons (Fsp3) is 0.429. The van der Waals surface area contributed by atoms with E-state index >= 15 is 0 Å². The molecule has 0 saturated carbocycles. The Labute approximate surface area is 108 Å². The number of nitrogens with one attached hydrogen (secondary N) is 1. The van der Waals surface area contributed by atoms with E-state index in [9.17, 15) is 8.42 Å². The van der Waals surface area contributed by atoms with Gasteiger partial charge >= 0.3 is 0 Å². The predicted molar refractivity (Wildman–Crippen MR) is 63.8 cm³/mol. The van der Waals surface area contributed by atoms with E-state index in [1.807, 2.05) is 0 Å². The van der Waals surface area contributed by atoms with Crippen molar-refractivity contribution in [1.29, 1.82) is 0 Å². The Balaban J connectivity index is 2.92. The van der Waals surface area contributed by atoms with Crippen LogP contribution in [0, 0.1) is 0 Å². The topological polar surface area (TPSA) is 46.2 Å². The molecule has 1 aliphatic carbocycles. The van der Waals surface area contributed by atoms with Crippen LogP contribution in [0.25, 0.3) is 0 Å². The monoisotopic (exact) mass is 309 g/mol. The van der Waals surface area contributed by atoms with Crippen LogP contribution in [0.5, 0.6) is 0 Å². The third-order valence-corrected chi connectivity index (χ3v) is 4.29. The fourth-order valence-electron chi connectivity index (χ4n) is 1.11. The summed E-state index contributed by atoms with van der Waals surface area (Å²) in [5.74, 6) is 0. The van der Waals surface area contributed by atoms with Crippen LogP contribution in [-0.4, -0.2) is 18.6 Å². The van der Waals surface area contributed by atoms with Gasteiger partial charge in [-0.15, -0.1) is 11.6 Å². The molecule has 0 amide bonds. The van der Waals surface area contributed by atoms with E-state index in [-0.39, 0.29) is 11.5 Å². The fourth-order valence-corrected chi connectivity index (χ4v) is 3.42. The highest BCUT2D eigenvalue weighted by Gasteiger charge is 2.33. The van der Waals surface area contributed by atoms with Gasteiger partial charge in [-0.3, -0.25) is 0 Å². The van der Waals surface area contributed by atoms with Crippen molar-refractivity contribution in [2.45, 2.75) is 11.4 Å². The molecule has 1 N–H and O–H groups in total. The first kappa shape index (κ1) is 13.6. The average Bonchev–Trinajstić information content (AvgIpc) is 1.99. The molecule has 0 aromatic rings. The van der Waals surface area contributed by atoms with Crippen molar-refractivity contribution in [2.24, 2.45) is 0 Å². The summed E-state index contributed by atoms with van der Waals surface area (Å²) in [4.78, 5) is -1.34. The van der Waals surface area contributed by atoms with Crippen molar-refractivity contribution in [3.05, 3.63) is 22.2 Å². The standard InChI is InChI=1S/C7H7Cl4NO2S/c8-4-15(13,14)12-7(11)2-5(9)1-6(10)3-7/h1-2,12H,3-4H2. The largest absolute Gasteiger partial charge is 0.227 e. The van der Waals surface area contributed by atoms with Gasteiger partial charge in [-0.2, -0.15) is 4.72 Å². The van der Waals surface area contributed by atoms with Gasteiger partial charge in [-0.25, -0.2) is 8.42 Å². The van der Waals surface area contributed by atoms with Crippen molar-refractivity contribution in [1.82, 2.24) is 4.72 Å². The number of allylic oxidation sites excluding steroid dienone is 2. The molecule has 8 heteroatoms. The predicted octanol–water partition coefficient (Wildman–Crippen LogP) is 2.69. The Morgan fingerprint density at radius 3 is 2.53 bits per heavy atom. The molecular formula is C7H7Cl4NO2S. The molecule has 0 bridgehead atoms. The first-order chi connectivity index (χ1) is 6.76. The maximum atomic E-state index is 11.2. The van der Waals surface area contributed by atoms with E-state index in [0.29, 0.717) is 5.03 Å². The van der Waals surface area contributed by atoms with Crippen LogP contribution in [-0.2, 0) is 10.0 Å². The van der Waals surface area contributed by atoms with Gasteiger partial charge < -0.3 is 0 Å². The van der Waals surface area contributed by atoms with Gasteiger partial charge in [-0.05, 0) is 12.2 Å². The lowest BCUT2D eigenvalue weighted by Gasteiger charge is -2.26. The molecule has 1 aliphatic rings. The maximum absolute atomic E-state index is 11.2. The van der Waals surface area contributed by atoms with Crippen LogP contribution in [0.15, 0.2) is 22.2 Å². The number of sulfonamides is 1. The Kier molecular flexibility index (Phi) is 4.37. The second-order valence-corrected chi connectivity index (χ2v) is 6.89. The lowest BCUT2D eigenvalue weighted by molar-refractivity contribution is 0.561. The number of rotatable bonds is 3. The van der Waals surface area contributed by atoms with Crippen LogP contribution in [0.4, 0.5) is 0 Å². The molecule has 1 atom stereocenters. The molecule has 0 radical (unpaired) electrons. The Hall–Kier alpha value is 0.550. The highest BCUT2D eigenvalue weighted by molar-refractivity contribution is 7.90. The summed E-state index contributed by atoms with van der Waals surface area (Å²) in [5, 5.41) is 0.0714. The number of halogens is 4. The summed E-state index contributed by atoms with van der Waals surface area (Å²) in [5.41, 5.74) is 0. The zero-order valence-corrected chi connectivity index (χ0v) is 11.1. The molecular weight excluding hydrogens is 304 g/mol. The molecule has 1 rings (SSSR count). The Bertz CT molecular complexity index is 417. The molecule has 86 valence electrons. The van der Waals surface area contributed by atoms with Crippen LogP contribution in [0.1, 0.15) is 6.42 Å². The quantitative estimate of drug-likeness (QED) is 0.643. The first-order valence-electron chi connectivity index (χ1n) is 3.77. The highest BCUT2D eigenvalue weighted by atomic mass is 35.5. The number of hydrogen-bond acceptors (Lipinski definition) is 2. The molecule has 0 fully saturated rings. The van der Waals surface area contributed by atoms with E-state index in [0.717, 1.165) is 0 Å². The Morgan fingerprint density at radius 1 is 1.47 bits per heavy atom. The molecule has 0 saturated heterocycles. The van der Waals surface area contributed by atoms with Crippen molar-refractivity contribution < 1.29 is 8.42 Å². The minimum absolute atomic E-state index is 0.127. The summed E-state index contributed by atoms with van der Waals surface area (Å²) in [6, 6.07) is 0. The van der Waals surface area contributed by atoms with Crippen LogP contribution < -0.4 is 4.72 Å². The van der Waals surface area contributed by atoms with Crippen molar-refractivity contribution in [3.8, 4) is 0 Å². The van der Waals surface area contributed by atoms with Crippen LogP contribution in [0.3, 0.4) is 0 Å². The third kappa shape index (κ3) is 4.13. The second kappa shape index (κ2) is 4.82. The van der Waals surface area contributed by atoms with Gasteiger partial charge in [0.05, 0.1) is 0 Å². The molecule has 1 unspecified atom stereocenters. The van der Waals surface area contributed by atoms with E-state index in [1.54, 1.807) is 0 Å². The highest BCUT2D eigenvalue weighted by Crippen LogP contribution is 2.33. The van der Waals surface area contributed by atoms with Crippen LogP contribution in [0.2, 0.25) is 0 Å². The normalized spacial score (nSPS) is 27.2. The van der Waals surface area contributed by atoms with Crippen LogP contribution >= 0.6 is 46.4 Å². The van der Waals surface area contributed by atoms with E-state index < -0.39 is 20.2 Å². The average molecular weight is 311 g/mol. The number of hydrogen-bond donors (Lipinski definition) is 1. The lowest BCUT2D eigenvalue weighted by atomic mass is 10.1. The lowest BCUT2D eigenvalue weighted by Crippen LogP contribution is -2.43. The molecule has 0 spiro atoms. The zero-order chi connectivity index (χ0) is 11.7. The van der Waals surface area contributed by atoms with Gasteiger partial charge in [0.25, 0.3) is 0 Å². The molecule has 0 aromatic heterocycles. The Morgan fingerprint density at radius 2 is 2.07 bits per heavy atom. The van der Waals surface area contributed by atoms with Crippen molar-refractivity contribution in [3.63, 3.8) is 0 Å². The third-order valence-electron chi connectivity index (χ3n) is 1.56. The van der Waals surface area contributed by atoms with Gasteiger partial charge in [0, 0.05) is 16.5 Å². The van der Waals surface area contributed by atoms with Crippen molar-refractivity contribution in [2.75, 3.05) is 5.21 Å². The molecule has 3 nitrogen and oxygen atoms in total. The second-order valence-electron chi connectivity index (χ2n) is 2.99. The maximum Gasteiger partial charge on any atom is 0.227 e. The van der Waals surface area contributed by atoms with E-state index in [4.69, 9.17) is 46.4 Å². The summed E-state index contributed by atoms with van der Waals surface area (Å²) >= 11 is 22.7. The smallest absolute Gasteiger partial charge is 0.211 e. The van der Waals surface area contributed by atoms with Gasteiger partial charge in [-0.1, -0.05) is 34.8 Å². The molecule has 0 heterocycles. The molecule has 15 heavy (non-hydrogen) atoms. The molecule has 0 aliphatic heterocycles. The summed E-state index contributed by atoms with van der Waals surface area (Å²) in [6.07, 6.45) is 2.99.